The summed E-state index contributed by atoms with van der Waals surface area (Å²) >= 11 is 5.69. The Labute approximate surface area is 106 Å². The van der Waals surface area contributed by atoms with Crippen LogP contribution in [0.5, 0.6) is 0 Å². The van der Waals surface area contributed by atoms with Gasteiger partial charge in [0.15, 0.2) is 0 Å². The molecule has 1 aromatic rings. The molecule has 1 saturated heterocycles. The molecule has 0 aliphatic carbocycles. The molecule has 0 aromatic heterocycles. The van der Waals surface area contributed by atoms with Gasteiger partial charge in [-0.3, -0.25) is 4.79 Å². The van der Waals surface area contributed by atoms with E-state index in [-0.39, 0.29) is 11.8 Å². The third-order valence-electron chi connectivity index (χ3n) is 2.97. The van der Waals surface area contributed by atoms with Crippen LogP contribution in [0.2, 0.25) is 0 Å². The van der Waals surface area contributed by atoms with Crippen molar-refractivity contribution in [2.24, 2.45) is 5.92 Å². The van der Waals surface area contributed by atoms with E-state index in [0.29, 0.717) is 18.7 Å². The first-order valence-corrected chi connectivity index (χ1v) is 5.96. The molecule has 0 saturated carbocycles. The molecule has 0 bridgehead atoms. The minimum absolute atomic E-state index is 0.00810. The largest absolute Gasteiger partial charge is 0.334 e. The van der Waals surface area contributed by atoms with Crippen LogP contribution in [0.3, 0.4) is 0 Å². The summed E-state index contributed by atoms with van der Waals surface area (Å²) in [5, 5.41) is 0. The molecule has 1 amide bonds. The molecule has 0 N–H and O–H groups in total. The van der Waals surface area contributed by atoms with Crippen molar-refractivity contribution in [3.63, 3.8) is 0 Å². The monoisotopic (exact) mass is 247 g/mol. The summed E-state index contributed by atoms with van der Waals surface area (Å²) in [5.74, 6) is 0.0532. The Balaban J connectivity index is 2.14. The topological polar surface area (TPSA) is 20.3 Å². The summed E-state index contributed by atoms with van der Waals surface area (Å²) in [5.41, 5.74) is 3.14. The molecular weight excluding hydrogens is 234 g/mol. The molecule has 1 aliphatic rings. The molecule has 3 heteroatoms. The van der Waals surface area contributed by atoms with Crippen molar-refractivity contribution >= 4 is 17.5 Å². The van der Waals surface area contributed by atoms with Gasteiger partial charge in [-0.2, -0.15) is 0 Å². The third kappa shape index (κ3) is 2.42. The molecule has 1 unspecified atom stereocenters. The van der Waals surface area contributed by atoms with E-state index in [0.717, 1.165) is 5.56 Å². The Kier molecular flexibility index (Phi) is 3.64. The maximum atomic E-state index is 12.0. The van der Waals surface area contributed by atoms with E-state index in [2.05, 4.69) is 6.58 Å². The third-order valence-corrected chi connectivity index (χ3v) is 3.20. The Bertz CT molecular complexity index is 453. The molecule has 17 heavy (non-hydrogen) atoms. The van der Waals surface area contributed by atoms with Crippen molar-refractivity contribution in [1.29, 1.82) is 0 Å². The van der Waals surface area contributed by atoms with Crippen molar-refractivity contribution in [2.45, 2.75) is 6.54 Å². The molecule has 1 aliphatic heterocycles. The minimum Gasteiger partial charge on any atom is -0.334 e. The first-order valence-electron chi connectivity index (χ1n) is 5.52. The van der Waals surface area contributed by atoms with E-state index in [4.69, 9.17) is 11.6 Å². The Morgan fingerprint density at radius 1 is 1.41 bits per heavy atom. The highest BCUT2D eigenvalue weighted by Gasteiger charge is 2.32. The van der Waals surface area contributed by atoms with Crippen molar-refractivity contribution in [3.8, 4) is 0 Å². The van der Waals surface area contributed by atoms with E-state index in [1.165, 1.54) is 5.54 Å². The number of likely N-dealkylation sites (tertiary alicyclic amines) is 1. The number of benzene rings is 1. The Morgan fingerprint density at radius 2 is 2.12 bits per heavy atom. The van der Waals surface area contributed by atoms with Crippen LogP contribution in [0.1, 0.15) is 5.56 Å². The van der Waals surface area contributed by atoms with Gasteiger partial charge >= 0.3 is 0 Å². The second kappa shape index (κ2) is 5.19. The van der Waals surface area contributed by atoms with Crippen LogP contribution < -0.4 is 0 Å². The number of amides is 1. The predicted molar refractivity (Wildman–Crippen MR) is 69.5 cm³/mol. The second-order valence-corrected chi connectivity index (χ2v) is 4.30. The lowest BCUT2D eigenvalue weighted by atomic mass is 10.1. The zero-order chi connectivity index (χ0) is 12.3. The highest BCUT2D eigenvalue weighted by Crippen LogP contribution is 2.26. The molecular formula is C14H14ClNO. The van der Waals surface area contributed by atoms with Crippen LogP contribution in [0, 0.1) is 5.92 Å². The average molecular weight is 248 g/mol. The molecule has 0 radical (unpaired) electrons. The summed E-state index contributed by atoms with van der Waals surface area (Å²) in [4.78, 5) is 13.8. The summed E-state index contributed by atoms with van der Waals surface area (Å²) in [6, 6.07) is 9.93. The Hall–Kier alpha value is -1.54. The molecule has 2 rings (SSSR count). The summed E-state index contributed by atoms with van der Waals surface area (Å²) in [7, 11) is 0. The normalized spacial score (nSPS) is 22.2. The molecule has 0 spiro atoms. The maximum absolute atomic E-state index is 12.0. The lowest BCUT2D eigenvalue weighted by molar-refractivity contribution is -0.125. The number of hydrogen-bond donors (Lipinski definition) is 0. The molecule has 88 valence electrons. The van der Waals surface area contributed by atoms with Crippen molar-refractivity contribution in [3.05, 3.63) is 59.7 Å². The molecule has 1 heterocycles. The quantitative estimate of drug-likeness (QED) is 0.594. The van der Waals surface area contributed by atoms with Crippen LogP contribution in [0.4, 0.5) is 0 Å². The average Bonchev–Trinajstić information content (AvgIpc) is 2.67. The fraction of sp³-hybridized carbons (Fsp3) is 0.214. The standard InChI is InChI=1S/C14H14ClNO/c1-2-12-10-16(14(17)13(12)8-15)9-11-6-4-3-5-7-11/h2-8,12H,1,9-10H2/b13-8-. The van der Waals surface area contributed by atoms with Crippen molar-refractivity contribution in [2.75, 3.05) is 6.54 Å². The predicted octanol–water partition coefficient (Wildman–Crippen LogP) is 2.95. The van der Waals surface area contributed by atoms with E-state index >= 15 is 0 Å². The van der Waals surface area contributed by atoms with Crippen LogP contribution >= 0.6 is 11.6 Å². The van der Waals surface area contributed by atoms with Crippen LogP contribution in [0.25, 0.3) is 0 Å². The summed E-state index contributed by atoms with van der Waals surface area (Å²) < 4.78 is 0. The smallest absolute Gasteiger partial charge is 0.251 e. The van der Waals surface area contributed by atoms with Crippen LogP contribution in [-0.4, -0.2) is 17.4 Å². The minimum atomic E-state index is 0.00810. The van der Waals surface area contributed by atoms with Gasteiger partial charge in [-0.25, -0.2) is 0 Å². The highest BCUT2D eigenvalue weighted by atomic mass is 35.5. The first kappa shape index (κ1) is 11.9. The lowest BCUT2D eigenvalue weighted by Crippen LogP contribution is -2.24. The fourth-order valence-corrected chi connectivity index (χ4v) is 2.28. The van der Waals surface area contributed by atoms with Gasteiger partial charge in [0.25, 0.3) is 5.91 Å². The number of carbonyl (C=O) groups is 1. The fourth-order valence-electron chi connectivity index (χ4n) is 2.03. The van der Waals surface area contributed by atoms with Gasteiger partial charge in [-0.15, -0.1) is 6.58 Å². The zero-order valence-corrected chi connectivity index (χ0v) is 10.2. The number of rotatable bonds is 3. The van der Waals surface area contributed by atoms with E-state index in [1.807, 2.05) is 30.3 Å². The molecule has 1 atom stereocenters. The van der Waals surface area contributed by atoms with Crippen molar-refractivity contribution < 1.29 is 4.79 Å². The van der Waals surface area contributed by atoms with Gasteiger partial charge in [0.1, 0.15) is 0 Å². The maximum Gasteiger partial charge on any atom is 0.251 e. The van der Waals surface area contributed by atoms with E-state index in [1.54, 1.807) is 11.0 Å². The first-order chi connectivity index (χ1) is 8.26. The number of halogens is 1. The lowest BCUT2D eigenvalue weighted by Gasteiger charge is -2.15. The molecule has 1 fully saturated rings. The van der Waals surface area contributed by atoms with Gasteiger partial charge in [-0.05, 0) is 5.56 Å². The SMILES string of the molecule is C=CC1CN(Cc2ccccc2)C(=O)/C1=C\Cl. The molecule has 2 nitrogen and oxygen atoms in total. The van der Waals surface area contributed by atoms with Gasteiger partial charge in [0.05, 0.1) is 0 Å². The number of nitrogens with zero attached hydrogens (tertiary/aromatic N) is 1. The number of carbonyl (C=O) groups excluding carboxylic acids is 1. The molecule has 1 aromatic carbocycles. The Morgan fingerprint density at radius 3 is 2.65 bits per heavy atom. The van der Waals surface area contributed by atoms with E-state index < -0.39 is 0 Å². The van der Waals surface area contributed by atoms with E-state index in [9.17, 15) is 4.79 Å². The van der Waals surface area contributed by atoms with Crippen molar-refractivity contribution in [1.82, 2.24) is 4.90 Å². The van der Waals surface area contributed by atoms with Gasteiger partial charge < -0.3 is 4.90 Å². The van der Waals surface area contributed by atoms with Crippen LogP contribution in [0.15, 0.2) is 54.1 Å². The second-order valence-electron chi connectivity index (χ2n) is 4.08. The summed E-state index contributed by atoms with van der Waals surface area (Å²) in [6.45, 7) is 5.02. The number of hydrogen-bond acceptors (Lipinski definition) is 1. The van der Waals surface area contributed by atoms with Gasteiger partial charge in [-0.1, -0.05) is 48.0 Å². The summed E-state index contributed by atoms with van der Waals surface area (Å²) in [6.07, 6.45) is 1.77. The van der Waals surface area contributed by atoms with Gasteiger partial charge in [0, 0.05) is 30.1 Å². The highest BCUT2D eigenvalue weighted by molar-refractivity contribution is 6.28. The zero-order valence-electron chi connectivity index (χ0n) is 9.47. The van der Waals surface area contributed by atoms with Crippen LogP contribution in [-0.2, 0) is 11.3 Å². The van der Waals surface area contributed by atoms with Gasteiger partial charge in [0.2, 0.25) is 0 Å².